The minimum absolute atomic E-state index is 0.128. The molecule has 1 amide bonds. The van der Waals surface area contributed by atoms with Crippen molar-refractivity contribution in [2.24, 2.45) is 0 Å². The molecule has 0 aromatic carbocycles. The zero-order valence-electron chi connectivity index (χ0n) is 14.7. The third-order valence-corrected chi connectivity index (χ3v) is 3.90. The number of hydrogen-bond donors (Lipinski definition) is 0. The number of nitrogens with zero attached hydrogens (tertiary/aromatic N) is 5. The number of amides is 1. The first kappa shape index (κ1) is 17.5. The van der Waals surface area contributed by atoms with Crippen molar-refractivity contribution in [2.75, 3.05) is 13.1 Å². The van der Waals surface area contributed by atoms with Gasteiger partial charge in [0.25, 0.3) is 5.92 Å². The molecule has 7 nitrogen and oxygen atoms in total. The molecule has 1 aliphatic rings. The van der Waals surface area contributed by atoms with Crippen LogP contribution in [0.4, 0.5) is 13.6 Å². The number of fused-ring (bicyclic) bond motifs is 1. The van der Waals surface area contributed by atoms with E-state index in [9.17, 15) is 13.6 Å². The van der Waals surface area contributed by atoms with Crippen molar-refractivity contribution in [3.05, 3.63) is 23.7 Å². The quantitative estimate of drug-likeness (QED) is 0.788. The second kappa shape index (κ2) is 5.89. The Morgan fingerprint density at radius 1 is 1.40 bits per heavy atom. The maximum atomic E-state index is 14.3. The second-order valence-electron chi connectivity index (χ2n) is 7.44. The molecule has 1 aliphatic heterocycles. The molecule has 0 spiro atoms. The molecule has 25 heavy (non-hydrogen) atoms. The second-order valence-corrected chi connectivity index (χ2v) is 7.44. The van der Waals surface area contributed by atoms with Crippen LogP contribution in [0.25, 0.3) is 5.65 Å². The molecule has 0 bridgehead atoms. The van der Waals surface area contributed by atoms with Gasteiger partial charge in [-0.1, -0.05) is 5.21 Å². The summed E-state index contributed by atoms with van der Waals surface area (Å²) in [6.07, 6.45) is 0.367. The van der Waals surface area contributed by atoms with E-state index in [0.717, 1.165) is 4.90 Å². The molecule has 3 rings (SSSR count). The Morgan fingerprint density at radius 2 is 2.12 bits per heavy atom. The molecular weight excluding hydrogens is 332 g/mol. The van der Waals surface area contributed by atoms with Gasteiger partial charge in [-0.3, -0.25) is 0 Å². The Bertz CT molecular complexity index is 799. The highest BCUT2D eigenvalue weighted by Crippen LogP contribution is 2.36. The number of halogens is 2. The molecule has 1 fully saturated rings. The maximum Gasteiger partial charge on any atom is 0.410 e. The van der Waals surface area contributed by atoms with E-state index in [2.05, 4.69) is 15.3 Å². The van der Waals surface area contributed by atoms with Crippen LogP contribution in [-0.2, 0) is 4.74 Å². The Kier molecular flexibility index (Phi) is 4.12. The number of alkyl halides is 2. The van der Waals surface area contributed by atoms with Crippen LogP contribution in [-0.4, -0.2) is 55.4 Å². The van der Waals surface area contributed by atoms with Gasteiger partial charge in [-0.25, -0.2) is 18.6 Å². The number of ether oxygens (including phenoxy) is 1. The summed E-state index contributed by atoms with van der Waals surface area (Å²) in [7, 11) is 0. The van der Waals surface area contributed by atoms with Crippen molar-refractivity contribution in [1.82, 2.24) is 24.7 Å². The van der Waals surface area contributed by atoms with E-state index in [1.165, 1.54) is 10.7 Å². The van der Waals surface area contributed by atoms with Crippen LogP contribution in [0.15, 0.2) is 12.3 Å². The number of piperidine rings is 1. The lowest BCUT2D eigenvalue weighted by Gasteiger charge is -2.38. The number of likely N-dealkylation sites (tertiary alicyclic amines) is 1. The van der Waals surface area contributed by atoms with Crippen LogP contribution >= 0.6 is 0 Å². The lowest BCUT2D eigenvalue weighted by Crippen LogP contribution is -2.50. The van der Waals surface area contributed by atoms with E-state index in [4.69, 9.17) is 4.74 Å². The molecule has 0 N–H and O–H groups in total. The number of aromatic nitrogens is 4. The van der Waals surface area contributed by atoms with Crippen molar-refractivity contribution in [1.29, 1.82) is 0 Å². The molecule has 3 heterocycles. The fourth-order valence-electron chi connectivity index (χ4n) is 3.03. The smallest absolute Gasteiger partial charge is 0.410 e. The SMILES string of the molecule is Cc1cc(C2CN(C(=O)OC(C)(C)C)CC(F)(F)C2)n2nncc2n1. The van der Waals surface area contributed by atoms with Crippen LogP contribution in [0.2, 0.25) is 0 Å². The Morgan fingerprint density at radius 3 is 2.80 bits per heavy atom. The van der Waals surface area contributed by atoms with Crippen LogP contribution in [0, 0.1) is 6.92 Å². The third kappa shape index (κ3) is 3.85. The van der Waals surface area contributed by atoms with Crippen LogP contribution in [0.1, 0.15) is 44.5 Å². The largest absolute Gasteiger partial charge is 0.444 e. The molecule has 0 aliphatic carbocycles. The lowest BCUT2D eigenvalue weighted by molar-refractivity contribution is -0.0761. The molecule has 0 saturated carbocycles. The summed E-state index contributed by atoms with van der Waals surface area (Å²) >= 11 is 0. The van der Waals surface area contributed by atoms with E-state index in [-0.39, 0.29) is 13.0 Å². The summed E-state index contributed by atoms with van der Waals surface area (Å²) < 4.78 is 35.3. The first-order valence-electron chi connectivity index (χ1n) is 8.08. The third-order valence-electron chi connectivity index (χ3n) is 3.90. The van der Waals surface area contributed by atoms with Crippen LogP contribution in [0.5, 0.6) is 0 Å². The fourth-order valence-corrected chi connectivity index (χ4v) is 3.03. The number of aryl methyl sites for hydroxylation is 1. The van der Waals surface area contributed by atoms with Crippen molar-refractivity contribution >= 4 is 11.7 Å². The van der Waals surface area contributed by atoms with Crippen molar-refractivity contribution in [3.8, 4) is 0 Å². The van der Waals surface area contributed by atoms with E-state index in [1.54, 1.807) is 33.8 Å². The average Bonchev–Trinajstić information content (AvgIpc) is 2.90. The van der Waals surface area contributed by atoms with E-state index >= 15 is 0 Å². The highest BCUT2D eigenvalue weighted by molar-refractivity contribution is 5.68. The molecule has 1 unspecified atom stereocenters. The van der Waals surface area contributed by atoms with Gasteiger partial charge in [-0.2, -0.15) is 4.52 Å². The number of carbonyl (C=O) groups excluding carboxylic acids is 1. The van der Waals surface area contributed by atoms with Gasteiger partial charge < -0.3 is 9.64 Å². The summed E-state index contributed by atoms with van der Waals surface area (Å²) in [5.74, 6) is -3.61. The van der Waals surface area contributed by atoms with Gasteiger partial charge in [0.15, 0.2) is 5.65 Å². The predicted molar refractivity (Wildman–Crippen MR) is 85.6 cm³/mol. The number of hydrogen-bond acceptors (Lipinski definition) is 5. The van der Waals surface area contributed by atoms with Crippen LogP contribution in [0.3, 0.4) is 0 Å². The normalized spacial score (nSPS) is 20.7. The first-order valence-corrected chi connectivity index (χ1v) is 8.08. The van der Waals surface area contributed by atoms with Crippen molar-refractivity contribution in [3.63, 3.8) is 0 Å². The van der Waals surface area contributed by atoms with E-state index in [0.29, 0.717) is 17.0 Å². The molecule has 0 radical (unpaired) electrons. The van der Waals surface area contributed by atoms with Crippen LogP contribution < -0.4 is 0 Å². The molecule has 1 saturated heterocycles. The lowest BCUT2D eigenvalue weighted by atomic mass is 9.92. The highest BCUT2D eigenvalue weighted by Gasteiger charge is 2.44. The zero-order chi connectivity index (χ0) is 18.4. The molecule has 2 aromatic heterocycles. The number of rotatable bonds is 1. The van der Waals surface area contributed by atoms with Gasteiger partial charge in [0.2, 0.25) is 0 Å². The predicted octanol–water partition coefficient (Wildman–Crippen LogP) is 2.79. The van der Waals surface area contributed by atoms with Gasteiger partial charge in [-0.15, -0.1) is 5.10 Å². The minimum Gasteiger partial charge on any atom is -0.444 e. The van der Waals surface area contributed by atoms with Gasteiger partial charge in [0.1, 0.15) is 5.60 Å². The summed E-state index contributed by atoms with van der Waals surface area (Å²) in [5, 5.41) is 7.73. The standard InChI is InChI=1S/C16H21F2N5O2/c1-10-5-12(23-13(20-10)7-19-21-23)11-6-16(17,18)9-22(8-11)14(24)25-15(2,3)4/h5,7,11H,6,8-9H2,1-4H3. The van der Waals surface area contributed by atoms with E-state index in [1.807, 2.05) is 0 Å². The molecule has 1 atom stereocenters. The highest BCUT2D eigenvalue weighted by atomic mass is 19.3. The molecular formula is C16H21F2N5O2. The van der Waals surface area contributed by atoms with Gasteiger partial charge in [0, 0.05) is 24.6 Å². The van der Waals surface area contributed by atoms with E-state index < -0.39 is 30.1 Å². The number of carbonyl (C=O) groups is 1. The Balaban J connectivity index is 1.93. The van der Waals surface area contributed by atoms with Crippen molar-refractivity contribution in [2.45, 2.75) is 51.6 Å². The summed E-state index contributed by atoms with van der Waals surface area (Å²) in [5.41, 5.74) is 0.995. The Hall–Kier alpha value is -2.32. The fraction of sp³-hybridized carbons (Fsp3) is 0.625. The monoisotopic (exact) mass is 353 g/mol. The summed E-state index contributed by atoms with van der Waals surface area (Å²) in [6.45, 7) is 6.37. The summed E-state index contributed by atoms with van der Waals surface area (Å²) in [4.78, 5) is 17.6. The maximum absolute atomic E-state index is 14.3. The minimum atomic E-state index is -3.01. The molecule has 9 heteroatoms. The molecule has 136 valence electrons. The van der Waals surface area contributed by atoms with Gasteiger partial charge in [-0.05, 0) is 33.8 Å². The topological polar surface area (TPSA) is 72.6 Å². The Labute approximate surface area is 144 Å². The van der Waals surface area contributed by atoms with Gasteiger partial charge >= 0.3 is 6.09 Å². The van der Waals surface area contributed by atoms with Crippen molar-refractivity contribution < 1.29 is 18.3 Å². The zero-order valence-corrected chi connectivity index (χ0v) is 14.7. The van der Waals surface area contributed by atoms with Gasteiger partial charge in [0.05, 0.1) is 18.4 Å². The average molecular weight is 353 g/mol. The summed E-state index contributed by atoms with van der Waals surface area (Å²) in [6, 6.07) is 1.71. The first-order chi connectivity index (χ1) is 11.5. The molecule has 2 aromatic rings.